The summed E-state index contributed by atoms with van der Waals surface area (Å²) in [5, 5.41) is 12.1. The Morgan fingerprint density at radius 2 is 1.66 bits per heavy atom. The van der Waals surface area contributed by atoms with Gasteiger partial charge in [0.25, 0.3) is 5.91 Å². The van der Waals surface area contributed by atoms with Crippen molar-refractivity contribution in [1.82, 2.24) is 0 Å². The molecule has 8 heteroatoms. The number of hydrogen-bond acceptors (Lipinski definition) is 7. The average molecular weight is 470 g/mol. The maximum absolute atomic E-state index is 12.7. The molecular weight excluding hydrogens is 448 g/mol. The summed E-state index contributed by atoms with van der Waals surface area (Å²) in [4.78, 5) is 37.1. The number of methoxy groups -OCH3 is 1. The number of benzene rings is 3. The fraction of sp³-hybridized carbons (Fsp3) is 0.111. The normalized spacial score (nSPS) is 10.6. The standard InChI is InChI=1S/C27H22N2O6/c1-3-34-24-16-18(13-14-23(24)35-26(31)19-9-5-4-6-10-19)15-20(17-28)25(30)29-22-12-8-7-11-21(22)27(32)33-2/h4-16H,3H2,1-2H3,(H,29,30)/b20-15-. The first-order valence-electron chi connectivity index (χ1n) is 10.6. The van der Waals surface area contributed by atoms with Gasteiger partial charge in [-0.3, -0.25) is 4.79 Å². The lowest BCUT2D eigenvalue weighted by Gasteiger charge is -2.12. The average Bonchev–Trinajstić information content (AvgIpc) is 2.89. The molecule has 3 aromatic carbocycles. The summed E-state index contributed by atoms with van der Waals surface area (Å²) in [5.74, 6) is -1.39. The van der Waals surface area contributed by atoms with Crippen LogP contribution in [-0.4, -0.2) is 31.6 Å². The molecule has 0 radical (unpaired) electrons. The highest BCUT2D eigenvalue weighted by molar-refractivity contribution is 6.12. The van der Waals surface area contributed by atoms with Gasteiger partial charge in [0.2, 0.25) is 0 Å². The summed E-state index contributed by atoms with van der Waals surface area (Å²) in [6, 6.07) is 21.3. The Balaban J connectivity index is 1.85. The van der Waals surface area contributed by atoms with E-state index in [-0.39, 0.29) is 28.3 Å². The molecule has 8 nitrogen and oxygen atoms in total. The predicted octanol–water partition coefficient (Wildman–Crippen LogP) is 4.64. The summed E-state index contributed by atoms with van der Waals surface area (Å²) in [6.45, 7) is 2.08. The molecule has 1 N–H and O–H groups in total. The molecule has 176 valence electrons. The van der Waals surface area contributed by atoms with Gasteiger partial charge in [-0.05, 0) is 55.0 Å². The first-order chi connectivity index (χ1) is 17.0. The zero-order valence-electron chi connectivity index (χ0n) is 19.1. The summed E-state index contributed by atoms with van der Waals surface area (Å²) in [7, 11) is 1.23. The second-order valence-corrected chi connectivity index (χ2v) is 7.06. The van der Waals surface area contributed by atoms with Crippen molar-refractivity contribution in [1.29, 1.82) is 5.26 Å². The highest BCUT2D eigenvalue weighted by Gasteiger charge is 2.17. The molecule has 0 heterocycles. The Kier molecular flexibility index (Phi) is 8.35. The van der Waals surface area contributed by atoms with E-state index in [9.17, 15) is 19.6 Å². The molecule has 3 rings (SSSR count). The molecule has 1 amide bonds. The fourth-order valence-corrected chi connectivity index (χ4v) is 3.09. The second-order valence-electron chi connectivity index (χ2n) is 7.06. The third-order valence-electron chi connectivity index (χ3n) is 4.74. The fourth-order valence-electron chi connectivity index (χ4n) is 3.09. The smallest absolute Gasteiger partial charge is 0.343 e. The zero-order valence-corrected chi connectivity index (χ0v) is 19.1. The van der Waals surface area contributed by atoms with E-state index in [1.54, 1.807) is 61.5 Å². The number of nitrogens with one attached hydrogen (secondary N) is 1. The van der Waals surface area contributed by atoms with Gasteiger partial charge in [-0.25, -0.2) is 9.59 Å². The van der Waals surface area contributed by atoms with Crippen LogP contribution in [0, 0.1) is 11.3 Å². The SMILES string of the molecule is CCOc1cc(/C=C(/C#N)C(=O)Nc2ccccc2C(=O)OC)ccc1OC(=O)c1ccccc1. The highest BCUT2D eigenvalue weighted by atomic mass is 16.6. The van der Waals surface area contributed by atoms with Crippen molar-refractivity contribution in [3.8, 4) is 17.6 Å². The van der Waals surface area contributed by atoms with Crippen molar-refractivity contribution in [2.75, 3.05) is 19.0 Å². The summed E-state index contributed by atoms with van der Waals surface area (Å²) in [5.41, 5.74) is 1.02. The van der Waals surface area contributed by atoms with Crippen LogP contribution >= 0.6 is 0 Å². The van der Waals surface area contributed by atoms with E-state index in [1.807, 2.05) is 6.07 Å². The Labute approximate surface area is 202 Å². The molecule has 3 aromatic rings. The number of carbonyl (C=O) groups excluding carboxylic acids is 3. The van der Waals surface area contributed by atoms with E-state index in [1.165, 1.54) is 31.4 Å². The monoisotopic (exact) mass is 470 g/mol. The van der Waals surface area contributed by atoms with Crippen molar-refractivity contribution in [3.63, 3.8) is 0 Å². The first-order valence-corrected chi connectivity index (χ1v) is 10.6. The molecule has 35 heavy (non-hydrogen) atoms. The highest BCUT2D eigenvalue weighted by Crippen LogP contribution is 2.30. The van der Waals surface area contributed by atoms with Gasteiger partial charge in [-0.2, -0.15) is 5.26 Å². The molecule has 0 spiro atoms. The number of ether oxygens (including phenoxy) is 3. The lowest BCUT2D eigenvalue weighted by Crippen LogP contribution is -2.16. The molecule has 0 saturated heterocycles. The van der Waals surface area contributed by atoms with E-state index in [0.717, 1.165) is 0 Å². The van der Waals surface area contributed by atoms with Gasteiger partial charge in [-0.1, -0.05) is 36.4 Å². The number of nitrogens with zero attached hydrogens (tertiary/aromatic N) is 1. The van der Waals surface area contributed by atoms with Crippen LogP contribution in [0.1, 0.15) is 33.2 Å². The van der Waals surface area contributed by atoms with Crippen molar-refractivity contribution in [2.45, 2.75) is 6.92 Å². The number of para-hydroxylation sites is 1. The number of anilines is 1. The van der Waals surface area contributed by atoms with Crippen LogP contribution < -0.4 is 14.8 Å². The maximum Gasteiger partial charge on any atom is 0.343 e. The minimum Gasteiger partial charge on any atom is -0.490 e. The van der Waals surface area contributed by atoms with Gasteiger partial charge >= 0.3 is 11.9 Å². The van der Waals surface area contributed by atoms with E-state index >= 15 is 0 Å². The Bertz CT molecular complexity index is 1310. The van der Waals surface area contributed by atoms with Crippen LogP contribution in [0.3, 0.4) is 0 Å². The van der Waals surface area contributed by atoms with E-state index < -0.39 is 17.8 Å². The number of nitriles is 1. The van der Waals surface area contributed by atoms with Gasteiger partial charge in [-0.15, -0.1) is 0 Å². The van der Waals surface area contributed by atoms with E-state index in [0.29, 0.717) is 17.7 Å². The second kappa shape index (κ2) is 11.8. The molecule has 0 atom stereocenters. The predicted molar refractivity (Wildman–Crippen MR) is 129 cm³/mol. The summed E-state index contributed by atoms with van der Waals surface area (Å²) in [6.07, 6.45) is 1.36. The van der Waals surface area contributed by atoms with Crippen LogP contribution in [0.2, 0.25) is 0 Å². The van der Waals surface area contributed by atoms with Crippen LogP contribution in [0.4, 0.5) is 5.69 Å². The van der Waals surface area contributed by atoms with Gasteiger partial charge in [0, 0.05) is 0 Å². The maximum atomic E-state index is 12.7. The third kappa shape index (κ3) is 6.33. The quantitative estimate of drug-likeness (QED) is 0.221. The van der Waals surface area contributed by atoms with Crippen LogP contribution in [0.15, 0.2) is 78.4 Å². The molecular formula is C27H22N2O6. The summed E-state index contributed by atoms with van der Waals surface area (Å²) >= 11 is 0. The summed E-state index contributed by atoms with van der Waals surface area (Å²) < 4.78 is 15.8. The van der Waals surface area contributed by atoms with Crippen molar-refractivity contribution in [3.05, 3.63) is 95.1 Å². The van der Waals surface area contributed by atoms with Gasteiger partial charge < -0.3 is 19.5 Å². The third-order valence-corrected chi connectivity index (χ3v) is 4.74. The first kappa shape index (κ1) is 24.7. The molecule has 0 aliphatic rings. The number of esters is 2. The minimum atomic E-state index is -0.707. The Morgan fingerprint density at radius 3 is 2.34 bits per heavy atom. The molecule has 0 aromatic heterocycles. The largest absolute Gasteiger partial charge is 0.490 e. The van der Waals surface area contributed by atoms with Gasteiger partial charge in [0.15, 0.2) is 11.5 Å². The Morgan fingerprint density at radius 1 is 0.943 bits per heavy atom. The topological polar surface area (TPSA) is 115 Å². The van der Waals surface area contributed by atoms with Gasteiger partial charge in [0.05, 0.1) is 30.5 Å². The number of hydrogen-bond donors (Lipinski definition) is 1. The van der Waals surface area contributed by atoms with E-state index in [2.05, 4.69) is 5.32 Å². The van der Waals surface area contributed by atoms with Crippen molar-refractivity contribution < 1.29 is 28.6 Å². The van der Waals surface area contributed by atoms with Gasteiger partial charge in [0.1, 0.15) is 11.6 Å². The zero-order chi connectivity index (χ0) is 25.2. The molecule has 0 unspecified atom stereocenters. The van der Waals surface area contributed by atoms with Crippen molar-refractivity contribution >= 4 is 29.6 Å². The lowest BCUT2D eigenvalue weighted by molar-refractivity contribution is -0.112. The molecule has 0 saturated carbocycles. The number of rotatable bonds is 8. The van der Waals surface area contributed by atoms with Crippen molar-refractivity contribution in [2.24, 2.45) is 0 Å². The van der Waals surface area contributed by atoms with Crippen LogP contribution in [0.25, 0.3) is 6.08 Å². The lowest BCUT2D eigenvalue weighted by atomic mass is 10.1. The molecule has 0 fully saturated rings. The Hall–Kier alpha value is -4.90. The molecule has 0 bridgehead atoms. The van der Waals surface area contributed by atoms with Crippen LogP contribution in [0.5, 0.6) is 11.5 Å². The number of amides is 1. The number of carbonyl (C=O) groups is 3. The minimum absolute atomic E-state index is 0.156. The molecule has 0 aliphatic carbocycles. The van der Waals surface area contributed by atoms with Crippen LogP contribution in [-0.2, 0) is 9.53 Å². The van der Waals surface area contributed by atoms with E-state index in [4.69, 9.17) is 14.2 Å². The molecule has 0 aliphatic heterocycles.